The van der Waals surface area contributed by atoms with E-state index in [1.165, 1.54) is 18.6 Å². The molecule has 0 aliphatic heterocycles. The number of aromatic carboxylic acids is 1. The van der Waals surface area contributed by atoms with Crippen LogP contribution in [-0.2, 0) is 9.73 Å². The first kappa shape index (κ1) is 11.6. The van der Waals surface area contributed by atoms with Crippen LogP contribution in [0.15, 0.2) is 22.6 Å². The molecule has 0 aromatic heterocycles. The second kappa shape index (κ2) is 3.98. The molecule has 0 aliphatic rings. The van der Waals surface area contributed by atoms with Gasteiger partial charge < -0.3 is 5.11 Å². The van der Waals surface area contributed by atoms with Crippen LogP contribution < -0.4 is 0 Å². The van der Waals surface area contributed by atoms with Gasteiger partial charge in [0, 0.05) is 22.2 Å². The Kier molecular flexibility index (Phi) is 3.09. The van der Waals surface area contributed by atoms with Crippen LogP contribution in [0.1, 0.15) is 10.4 Å². The van der Waals surface area contributed by atoms with Gasteiger partial charge in [-0.05, 0) is 18.2 Å². The van der Waals surface area contributed by atoms with Crippen molar-refractivity contribution < 1.29 is 18.5 Å². The molecule has 15 heavy (non-hydrogen) atoms. The Bertz CT molecular complexity index is 510. The Morgan fingerprint density at radius 1 is 1.47 bits per heavy atom. The topological polar surface area (TPSA) is 66.7 Å². The van der Waals surface area contributed by atoms with Crippen LogP contribution in [-0.4, -0.2) is 27.8 Å². The third kappa shape index (κ3) is 3.32. The van der Waals surface area contributed by atoms with Gasteiger partial charge in [-0.25, -0.2) is 13.4 Å². The number of benzene rings is 1. The van der Waals surface area contributed by atoms with Crippen LogP contribution >= 0.6 is 0 Å². The molecular formula is C9H10FNO3S. The van der Waals surface area contributed by atoms with Crippen molar-refractivity contribution in [3.8, 4) is 0 Å². The Hall–Kier alpha value is -1.43. The summed E-state index contributed by atoms with van der Waals surface area (Å²) in [7, 11) is -2.37. The van der Waals surface area contributed by atoms with Gasteiger partial charge in [0.15, 0.2) is 0 Å². The molecule has 1 aromatic rings. The minimum absolute atomic E-state index is 0.198. The fourth-order valence-corrected chi connectivity index (χ4v) is 1.61. The number of hydrogen-bond acceptors (Lipinski definition) is 3. The molecule has 82 valence electrons. The molecule has 0 radical (unpaired) electrons. The Morgan fingerprint density at radius 2 is 2.07 bits per heavy atom. The summed E-state index contributed by atoms with van der Waals surface area (Å²) in [5.41, 5.74) is -0.274. The molecule has 0 spiro atoms. The number of nitrogens with zero attached hydrogens (tertiary/aromatic N) is 1. The summed E-state index contributed by atoms with van der Waals surface area (Å²) in [6.07, 6.45) is 2.83. The van der Waals surface area contributed by atoms with E-state index in [0.717, 1.165) is 12.1 Å². The molecule has 1 rings (SSSR count). The van der Waals surface area contributed by atoms with Crippen molar-refractivity contribution in [2.24, 2.45) is 4.36 Å². The summed E-state index contributed by atoms with van der Waals surface area (Å²) in [5.74, 6) is -2.21. The highest BCUT2D eigenvalue weighted by Crippen LogP contribution is 2.18. The standard InChI is InChI=1S/C9H10FNO3S/c1-15(2,14)11-6-3-4-8(10)7(5-6)9(12)13/h3-5H,1-2H3,(H,12,13). The Balaban J connectivity index is 3.32. The smallest absolute Gasteiger partial charge is 0.338 e. The fraction of sp³-hybridized carbons (Fsp3) is 0.222. The highest BCUT2D eigenvalue weighted by molar-refractivity contribution is 7.92. The summed E-state index contributed by atoms with van der Waals surface area (Å²) in [5, 5.41) is 8.64. The Labute approximate surface area is 86.9 Å². The molecule has 0 heterocycles. The fourth-order valence-electron chi connectivity index (χ4n) is 0.988. The number of hydrogen-bond donors (Lipinski definition) is 1. The summed E-state index contributed by atoms with van der Waals surface area (Å²) in [4.78, 5) is 10.6. The van der Waals surface area contributed by atoms with E-state index in [0.29, 0.717) is 0 Å². The van der Waals surface area contributed by atoms with Crippen LogP contribution in [0, 0.1) is 5.82 Å². The number of carbonyl (C=O) groups is 1. The van der Waals surface area contributed by atoms with Gasteiger partial charge >= 0.3 is 5.97 Å². The van der Waals surface area contributed by atoms with E-state index in [4.69, 9.17) is 5.11 Å². The largest absolute Gasteiger partial charge is 0.478 e. The normalized spacial score (nSPS) is 11.1. The summed E-state index contributed by atoms with van der Waals surface area (Å²) in [6, 6.07) is 3.34. The zero-order valence-electron chi connectivity index (χ0n) is 8.23. The quantitative estimate of drug-likeness (QED) is 0.845. The van der Waals surface area contributed by atoms with Gasteiger partial charge in [0.05, 0.1) is 11.3 Å². The molecule has 0 atom stereocenters. The molecular weight excluding hydrogens is 221 g/mol. The molecule has 0 fully saturated rings. The average Bonchev–Trinajstić information content (AvgIpc) is 2.05. The van der Waals surface area contributed by atoms with E-state index in [9.17, 15) is 13.4 Å². The maximum atomic E-state index is 13.0. The number of carboxylic acid groups (broad SMARTS) is 1. The minimum Gasteiger partial charge on any atom is -0.478 e. The zero-order valence-corrected chi connectivity index (χ0v) is 9.05. The number of halogens is 1. The van der Waals surface area contributed by atoms with E-state index in [-0.39, 0.29) is 5.69 Å². The van der Waals surface area contributed by atoms with E-state index in [2.05, 4.69) is 4.36 Å². The predicted molar refractivity (Wildman–Crippen MR) is 55.4 cm³/mol. The first-order chi connectivity index (χ1) is 6.79. The van der Waals surface area contributed by atoms with Crippen LogP contribution in [0.25, 0.3) is 0 Å². The van der Waals surface area contributed by atoms with Gasteiger partial charge in [-0.3, -0.25) is 0 Å². The number of rotatable bonds is 2. The average molecular weight is 231 g/mol. The highest BCUT2D eigenvalue weighted by atomic mass is 32.2. The van der Waals surface area contributed by atoms with Crippen molar-refractivity contribution in [1.82, 2.24) is 0 Å². The van der Waals surface area contributed by atoms with Crippen molar-refractivity contribution in [1.29, 1.82) is 0 Å². The predicted octanol–water partition coefficient (Wildman–Crippen LogP) is 1.88. The molecule has 0 saturated heterocycles. The summed E-state index contributed by atoms with van der Waals surface area (Å²) < 4.78 is 28.0. The van der Waals surface area contributed by atoms with Gasteiger partial charge in [0.2, 0.25) is 0 Å². The molecule has 0 bridgehead atoms. The highest BCUT2D eigenvalue weighted by Gasteiger charge is 2.10. The van der Waals surface area contributed by atoms with E-state index < -0.39 is 27.1 Å². The lowest BCUT2D eigenvalue weighted by atomic mass is 10.2. The van der Waals surface area contributed by atoms with Crippen molar-refractivity contribution in [3.63, 3.8) is 0 Å². The molecule has 0 amide bonds. The molecule has 0 unspecified atom stereocenters. The molecule has 1 N–H and O–H groups in total. The van der Waals surface area contributed by atoms with E-state index >= 15 is 0 Å². The summed E-state index contributed by atoms with van der Waals surface area (Å²) in [6.45, 7) is 0. The van der Waals surface area contributed by atoms with Crippen molar-refractivity contribution >= 4 is 21.4 Å². The molecule has 0 aliphatic carbocycles. The monoisotopic (exact) mass is 231 g/mol. The van der Waals surface area contributed by atoms with Gasteiger partial charge in [-0.15, -0.1) is 0 Å². The second-order valence-electron chi connectivity index (χ2n) is 3.24. The maximum Gasteiger partial charge on any atom is 0.338 e. The molecule has 4 nitrogen and oxygen atoms in total. The van der Waals surface area contributed by atoms with Crippen molar-refractivity contribution in [3.05, 3.63) is 29.6 Å². The molecule has 6 heteroatoms. The lowest BCUT2D eigenvalue weighted by Gasteiger charge is -2.00. The third-order valence-electron chi connectivity index (χ3n) is 1.51. The third-order valence-corrected chi connectivity index (χ3v) is 2.16. The minimum atomic E-state index is -2.37. The first-order valence-corrected chi connectivity index (χ1v) is 6.33. The van der Waals surface area contributed by atoms with Crippen molar-refractivity contribution in [2.75, 3.05) is 12.5 Å². The molecule has 0 saturated carbocycles. The summed E-state index contributed by atoms with van der Waals surface area (Å²) >= 11 is 0. The van der Waals surface area contributed by atoms with Gasteiger partial charge in [-0.1, -0.05) is 0 Å². The van der Waals surface area contributed by atoms with E-state index in [1.54, 1.807) is 0 Å². The van der Waals surface area contributed by atoms with Gasteiger partial charge in [-0.2, -0.15) is 4.36 Å². The van der Waals surface area contributed by atoms with Crippen LogP contribution in [0.4, 0.5) is 10.1 Å². The number of carboxylic acids is 1. The first-order valence-electron chi connectivity index (χ1n) is 3.99. The SMILES string of the molecule is CS(C)(=O)=Nc1ccc(F)c(C(=O)O)c1. The lowest BCUT2D eigenvalue weighted by Crippen LogP contribution is -1.99. The second-order valence-corrected chi connectivity index (χ2v) is 5.79. The van der Waals surface area contributed by atoms with Crippen LogP contribution in [0.3, 0.4) is 0 Å². The van der Waals surface area contributed by atoms with E-state index in [1.807, 2.05) is 0 Å². The van der Waals surface area contributed by atoms with Crippen molar-refractivity contribution in [2.45, 2.75) is 0 Å². The lowest BCUT2D eigenvalue weighted by molar-refractivity contribution is 0.0692. The van der Waals surface area contributed by atoms with Crippen LogP contribution in [0.2, 0.25) is 0 Å². The Morgan fingerprint density at radius 3 is 2.53 bits per heavy atom. The van der Waals surface area contributed by atoms with Gasteiger partial charge in [0.1, 0.15) is 5.82 Å². The van der Waals surface area contributed by atoms with Gasteiger partial charge in [0.25, 0.3) is 0 Å². The molecule has 1 aromatic carbocycles. The zero-order chi connectivity index (χ0) is 11.6. The maximum absolute atomic E-state index is 13.0. The van der Waals surface area contributed by atoms with Crippen LogP contribution in [0.5, 0.6) is 0 Å².